The van der Waals surface area contributed by atoms with Crippen LogP contribution in [0.25, 0.3) is 6.08 Å². The molecule has 0 aliphatic rings. The summed E-state index contributed by atoms with van der Waals surface area (Å²) in [6, 6.07) is 21.6. The minimum Gasteiger partial charge on any atom is -0.489 e. The van der Waals surface area contributed by atoms with Crippen molar-refractivity contribution >= 4 is 29.3 Å². The summed E-state index contributed by atoms with van der Waals surface area (Å²) in [5.74, 6) is -0.232. The van der Waals surface area contributed by atoms with Crippen molar-refractivity contribution < 1.29 is 13.9 Å². The van der Waals surface area contributed by atoms with Gasteiger partial charge in [-0.2, -0.15) is 5.26 Å². The molecule has 0 unspecified atom stereocenters. The van der Waals surface area contributed by atoms with E-state index in [2.05, 4.69) is 5.32 Å². The van der Waals surface area contributed by atoms with E-state index in [0.717, 1.165) is 5.56 Å². The molecule has 4 nitrogen and oxygen atoms in total. The third-order valence-corrected chi connectivity index (χ3v) is 4.20. The average Bonchev–Trinajstić information content (AvgIpc) is 2.73. The lowest BCUT2D eigenvalue weighted by atomic mass is 10.1. The zero-order valence-electron chi connectivity index (χ0n) is 15.2. The Labute approximate surface area is 172 Å². The first kappa shape index (κ1) is 20.1. The van der Waals surface area contributed by atoms with Gasteiger partial charge >= 0.3 is 0 Å². The molecule has 3 aromatic rings. The van der Waals surface area contributed by atoms with E-state index >= 15 is 0 Å². The maximum absolute atomic E-state index is 13.2. The Balaban J connectivity index is 1.64. The summed E-state index contributed by atoms with van der Waals surface area (Å²) in [6.45, 7) is 0.236. The highest BCUT2D eigenvalue weighted by atomic mass is 35.5. The van der Waals surface area contributed by atoms with E-state index in [1.54, 1.807) is 60.7 Å². The number of hydrogen-bond acceptors (Lipinski definition) is 3. The number of carbonyl (C=O) groups is 1. The maximum atomic E-state index is 13.2. The van der Waals surface area contributed by atoms with Gasteiger partial charge in [0.15, 0.2) is 0 Å². The Morgan fingerprint density at radius 2 is 1.83 bits per heavy atom. The molecule has 1 amide bonds. The predicted octanol–water partition coefficient (Wildman–Crippen LogP) is 5.60. The van der Waals surface area contributed by atoms with Crippen molar-refractivity contribution in [3.8, 4) is 11.8 Å². The SMILES string of the molecule is N#C/C(=C/c1ccc(OCc2cccc(F)c2)cc1)C(=O)Nc1ccc(Cl)cc1. The topological polar surface area (TPSA) is 62.1 Å². The quantitative estimate of drug-likeness (QED) is 0.428. The molecule has 0 aliphatic heterocycles. The lowest BCUT2D eigenvalue weighted by Gasteiger charge is -2.07. The third kappa shape index (κ3) is 5.93. The highest BCUT2D eigenvalue weighted by Crippen LogP contribution is 2.18. The van der Waals surface area contributed by atoms with Crippen LogP contribution in [0.2, 0.25) is 5.02 Å². The van der Waals surface area contributed by atoms with Gasteiger partial charge in [-0.25, -0.2) is 4.39 Å². The van der Waals surface area contributed by atoms with Crippen LogP contribution in [-0.2, 0) is 11.4 Å². The smallest absolute Gasteiger partial charge is 0.266 e. The lowest BCUT2D eigenvalue weighted by Crippen LogP contribution is -2.13. The van der Waals surface area contributed by atoms with Crippen LogP contribution < -0.4 is 10.1 Å². The molecule has 3 rings (SSSR count). The first-order chi connectivity index (χ1) is 14.0. The standard InChI is InChI=1S/C23H16ClFN2O2/c24-19-6-8-21(9-7-19)27-23(28)18(14-26)12-16-4-10-22(11-5-16)29-15-17-2-1-3-20(25)13-17/h1-13H,15H2,(H,27,28)/b18-12-. The molecule has 0 atom stereocenters. The van der Waals surface area contributed by atoms with Crippen LogP contribution in [0.15, 0.2) is 78.4 Å². The largest absolute Gasteiger partial charge is 0.489 e. The number of nitrogens with zero attached hydrogens (tertiary/aromatic N) is 1. The Bertz CT molecular complexity index is 1070. The molecular formula is C23H16ClFN2O2. The van der Waals surface area contributed by atoms with Crippen LogP contribution in [-0.4, -0.2) is 5.91 Å². The van der Waals surface area contributed by atoms with Gasteiger partial charge in [-0.3, -0.25) is 4.79 Å². The average molecular weight is 407 g/mol. The van der Waals surface area contributed by atoms with Gasteiger partial charge in [-0.05, 0) is 65.7 Å². The van der Waals surface area contributed by atoms with Crippen molar-refractivity contribution in [1.29, 1.82) is 5.26 Å². The van der Waals surface area contributed by atoms with Gasteiger partial charge < -0.3 is 10.1 Å². The fourth-order valence-corrected chi connectivity index (χ4v) is 2.63. The van der Waals surface area contributed by atoms with E-state index < -0.39 is 5.91 Å². The van der Waals surface area contributed by atoms with Crippen LogP contribution in [0, 0.1) is 17.1 Å². The predicted molar refractivity (Wildman–Crippen MR) is 111 cm³/mol. The zero-order valence-corrected chi connectivity index (χ0v) is 16.0. The van der Waals surface area contributed by atoms with Gasteiger partial charge in [0.1, 0.15) is 29.8 Å². The summed E-state index contributed by atoms with van der Waals surface area (Å²) in [5.41, 5.74) is 1.90. The molecular weight excluding hydrogens is 391 g/mol. The number of ether oxygens (including phenoxy) is 1. The number of amides is 1. The second-order valence-electron chi connectivity index (χ2n) is 6.12. The Hall–Kier alpha value is -3.62. The summed E-state index contributed by atoms with van der Waals surface area (Å²) in [5, 5.41) is 12.5. The van der Waals surface area contributed by atoms with Gasteiger partial charge in [0.25, 0.3) is 5.91 Å². The van der Waals surface area contributed by atoms with Crippen molar-refractivity contribution in [3.05, 3.63) is 100 Å². The molecule has 0 aliphatic carbocycles. The molecule has 0 spiro atoms. The molecule has 0 saturated carbocycles. The van der Waals surface area contributed by atoms with Crippen LogP contribution >= 0.6 is 11.6 Å². The molecule has 3 aromatic carbocycles. The summed E-state index contributed by atoms with van der Waals surface area (Å²) >= 11 is 5.82. The number of anilines is 1. The number of rotatable bonds is 6. The Kier molecular flexibility index (Phi) is 6.62. The molecule has 0 radical (unpaired) electrons. The lowest BCUT2D eigenvalue weighted by molar-refractivity contribution is -0.112. The number of nitrogens with one attached hydrogen (secondary N) is 1. The van der Waals surface area contributed by atoms with Gasteiger partial charge in [0, 0.05) is 10.7 Å². The van der Waals surface area contributed by atoms with Crippen LogP contribution in [0.3, 0.4) is 0 Å². The Morgan fingerprint density at radius 1 is 1.10 bits per heavy atom. The molecule has 144 valence electrons. The summed E-state index contributed by atoms with van der Waals surface area (Å²) < 4.78 is 18.8. The molecule has 0 heterocycles. The minimum atomic E-state index is -0.513. The monoisotopic (exact) mass is 406 g/mol. The van der Waals surface area contributed by atoms with E-state index in [9.17, 15) is 14.4 Å². The van der Waals surface area contributed by atoms with Crippen LogP contribution in [0.5, 0.6) is 5.75 Å². The second kappa shape index (κ2) is 9.54. The summed E-state index contributed by atoms with van der Waals surface area (Å²) in [7, 11) is 0. The third-order valence-electron chi connectivity index (χ3n) is 3.95. The van der Waals surface area contributed by atoms with Gasteiger partial charge in [-0.15, -0.1) is 0 Å². The number of hydrogen-bond donors (Lipinski definition) is 1. The normalized spacial score (nSPS) is 10.9. The number of carbonyl (C=O) groups excluding carboxylic acids is 1. The number of benzene rings is 3. The van der Waals surface area contributed by atoms with E-state index in [1.807, 2.05) is 6.07 Å². The molecule has 0 aromatic heterocycles. The van der Waals surface area contributed by atoms with Gasteiger partial charge in [0.2, 0.25) is 0 Å². The molecule has 0 fully saturated rings. The van der Waals surface area contributed by atoms with Crippen LogP contribution in [0.4, 0.5) is 10.1 Å². The van der Waals surface area contributed by atoms with Crippen molar-refractivity contribution in [1.82, 2.24) is 0 Å². The molecule has 0 bridgehead atoms. The molecule has 1 N–H and O–H groups in total. The summed E-state index contributed by atoms with van der Waals surface area (Å²) in [6.07, 6.45) is 1.49. The van der Waals surface area contributed by atoms with E-state index in [0.29, 0.717) is 22.0 Å². The van der Waals surface area contributed by atoms with Crippen LogP contribution in [0.1, 0.15) is 11.1 Å². The Morgan fingerprint density at radius 3 is 2.48 bits per heavy atom. The summed E-state index contributed by atoms with van der Waals surface area (Å²) in [4.78, 5) is 12.3. The van der Waals surface area contributed by atoms with Crippen molar-refractivity contribution in [3.63, 3.8) is 0 Å². The molecule has 6 heteroatoms. The fraction of sp³-hybridized carbons (Fsp3) is 0.0435. The van der Waals surface area contributed by atoms with E-state index in [-0.39, 0.29) is 18.0 Å². The van der Waals surface area contributed by atoms with Gasteiger partial charge in [-0.1, -0.05) is 35.9 Å². The maximum Gasteiger partial charge on any atom is 0.266 e. The second-order valence-corrected chi connectivity index (χ2v) is 6.55. The minimum absolute atomic E-state index is 0.0339. The highest BCUT2D eigenvalue weighted by molar-refractivity contribution is 6.30. The van der Waals surface area contributed by atoms with Crippen molar-refractivity contribution in [2.45, 2.75) is 6.61 Å². The molecule has 29 heavy (non-hydrogen) atoms. The fourth-order valence-electron chi connectivity index (χ4n) is 2.50. The van der Waals surface area contributed by atoms with Crippen molar-refractivity contribution in [2.24, 2.45) is 0 Å². The van der Waals surface area contributed by atoms with E-state index in [4.69, 9.17) is 16.3 Å². The van der Waals surface area contributed by atoms with Gasteiger partial charge in [0.05, 0.1) is 0 Å². The first-order valence-electron chi connectivity index (χ1n) is 8.69. The number of nitriles is 1. The zero-order chi connectivity index (χ0) is 20.6. The number of halogens is 2. The first-order valence-corrected chi connectivity index (χ1v) is 9.07. The highest BCUT2D eigenvalue weighted by Gasteiger charge is 2.09. The molecule has 0 saturated heterocycles. The van der Waals surface area contributed by atoms with Crippen molar-refractivity contribution in [2.75, 3.05) is 5.32 Å². The van der Waals surface area contributed by atoms with E-state index in [1.165, 1.54) is 18.2 Å².